The Hall–Kier alpha value is -3.38. The molecule has 1 aliphatic rings. The predicted octanol–water partition coefficient (Wildman–Crippen LogP) is 5.72. The lowest BCUT2D eigenvalue weighted by atomic mass is 10.0. The average Bonchev–Trinajstić information content (AvgIpc) is 2.95. The first kappa shape index (κ1) is 19.4. The number of carbonyl (C=O) groups excluding carboxylic acids is 1. The van der Waals surface area contributed by atoms with Crippen LogP contribution in [-0.2, 0) is 4.79 Å². The van der Waals surface area contributed by atoms with Crippen LogP contribution in [0.2, 0.25) is 0 Å². The van der Waals surface area contributed by atoms with E-state index in [1.165, 1.54) is 11.1 Å². The predicted molar refractivity (Wildman–Crippen MR) is 115 cm³/mol. The fraction of sp³-hybridized carbons (Fsp3) is 0.200. The lowest BCUT2D eigenvalue weighted by Crippen LogP contribution is -2.14. The molecule has 0 radical (unpaired) electrons. The van der Waals surface area contributed by atoms with E-state index in [1.807, 2.05) is 32.0 Å². The summed E-state index contributed by atoms with van der Waals surface area (Å²) >= 11 is 0. The topological polar surface area (TPSA) is 52.9 Å². The Bertz CT molecular complexity index is 968. The molecular weight excluding hydrogens is 344 g/mol. The van der Waals surface area contributed by atoms with Crippen molar-refractivity contribution < 1.29 is 4.79 Å². The summed E-state index contributed by atoms with van der Waals surface area (Å²) in [5.74, 6) is 0.226. The molecule has 2 aromatic rings. The van der Waals surface area contributed by atoms with Crippen LogP contribution in [0, 0.1) is 31.1 Å². The third-order valence-corrected chi connectivity index (χ3v) is 4.90. The van der Waals surface area contributed by atoms with Gasteiger partial charge in [-0.3, -0.25) is 4.79 Å². The Balaban J connectivity index is 1.58. The number of nitriles is 1. The van der Waals surface area contributed by atoms with E-state index in [1.54, 1.807) is 12.1 Å². The highest BCUT2D eigenvalue weighted by atomic mass is 16.1. The Labute approximate surface area is 166 Å². The third kappa shape index (κ3) is 4.86. The minimum absolute atomic E-state index is 0.00167. The van der Waals surface area contributed by atoms with Crippen molar-refractivity contribution in [1.29, 1.82) is 5.26 Å². The molecular formula is C25H24N2O. The van der Waals surface area contributed by atoms with E-state index in [0.717, 1.165) is 23.2 Å². The molecule has 0 aliphatic heterocycles. The summed E-state index contributed by atoms with van der Waals surface area (Å²) in [5, 5.41) is 12.1. The molecule has 0 spiro atoms. The zero-order valence-corrected chi connectivity index (χ0v) is 16.3. The van der Waals surface area contributed by atoms with Crippen LogP contribution in [0.1, 0.15) is 35.1 Å². The Morgan fingerprint density at radius 2 is 1.82 bits per heavy atom. The van der Waals surface area contributed by atoms with Crippen LogP contribution in [0.5, 0.6) is 0 Å². The average molecular weight is 368 g/mol. The zero-order chi connectivity index (χ0) is 19.9. The van der Waals surface area contributed by atoms with Gasteiger partial charge in [0.15, 0.2) is 0 Å². The normalized spacial score (nSPS) is 15.5. The maximum Gasteiger partial charge on any atom is 0.224 e. The van der Waals surface area contributed by atoms with Gasteiger partial charge < -0.3 is 5.32 Å². The van der Waals surface area contributed by atoms with Gasteiger partial charge in [0.1, 0.15) is 0 Å². The summed E-state index contributed by atoms with van der Waals surface area (Å²) in [4.78, 5) is 12.4. The minimum atomic E-state index is -0.00167. The van der Waals surface area contributed by atoms with Crippen LogP contribution >= 0.6 is 0 Å². The van der Waals surface area contributed by atoms with Crippen molar-refractivity contribution in [2.24, 2.45) is 5.92 Å². The Morgan fingerprint density at radius 1 is 1.11 bits per heavy atom. The highest BCUT2D eigenvalue weighted by Gasteiger charge is 2.11. The van der Waals surface area contributed by atoms with Crippen molar-refractivity contribution in [3.05, 3.63) is 95.1 Å². The molecule has 1 amide bonds. The molecule has 1 atom stereocenters. The van der Waals surface area contributed by atoms with Gasteiger partial charge in [-0.2, -0.15) is 5.26 Å². The molecule has 0 saturated heterocycles. The lowest BCUT2D eigenvalue weighted by molar-refractivity contribution is -0.116. The molecule has 140 valence electrons. The fourth-order valence-corrected chi connectivity index (χ4v) is 3.39. The van der Waals surface area contributed by atoms with E-state index < -0.39 is 0 Å². The first-order chi connectivity index (χ1) is 13.6. The smallest absolute Gasteiger partial charge is 0.224 e. The van der Waals surface area contributed by atoms with E-state index in [9.17, 15) is 4.79 Å². The van der Waals surface area contributed by atoms with Crippen LogP contribution < -0.4 is 5.32 Å². The summed E-state index contributed by atoms with van der Waals surface area (Å²) in [7, 11) is 0. The quantitative estimate of drug-likeness (QED) is 0.734. The maximum absolute atomic E-state index is 12.4. The minimum Gasteiger partial charge on any atom is -0.326 e. The molecule has 1 aliphatic carbocycles. The van der Waals surface area contributed by atoms with Gasteiger partial charge in [-0.15, -0.1) is 0 Å². The standard InChI is InChI=1S/C25H24N2O/c1-18-15-21(17-26)16-19(2)25(18)27-24(28)14-12-20-7-6-10-23(13-11-20)22-8-4-3-5-9-22/h3-11,13,15-16,20H,12,14H2,1-2H3,(H,27,28). The molecule has 28 heavy (non-hydrogen) atoms. The number of aryl methyl sites for hydroxylation is 2. The number of benzene rings is 2. The molecule has 3 rings (SSSR count). The molecule has 0 aromatic heterocycles. The molecule has 0 bridgehead atoms. The van der Waals surface area contributed by atoms with Crippen molar-refractivity contribution in [2.45, 2.75) is 26.7 Å². The van der Waals surface area contributed by atoms with Gasteiger partial charge in [-0.25, -0.2) is 0 Å². The molecule has 0 fully saturated rings. The first-order valence-electron chi connectivity index (χ1n) is 9.50. The molecule has 0 heterocycles. The van der Waals surface area contributed by atoms with Gasteiger partial charge in [0.2, 0.25) is 5.91 Å². The molecule has 2 aromatic carbocycles. The summed E-state index contributed by atoms with van der Waals surface area (Å²) < 4.78 is 0. The third-order valence-electron chi connectivity index (χ3n) is 4.90. The van der Waals surface area contributed by atoms with E-state index in [0.29, 0.717) is 12.0 Å². The Kier molecular flexibility index (Phi) is 6.24. The number of nitrogens with one attached hydrogen (secondary N) is 1. The molecule has 3 nitrogen and oxygen atoms in total. The highest BCUT2D eigenvalue weighted by Crippen LogP contribution is 2.24. The van der Waals surface area contributed by atoms with Crippen LogP contribution in [0.25, 0.3) is 5.57 Å². The largest absolute Gasteiger partial charge is 0.326 e. The number of allylic oxidation sites excluding steroid dienone is 6. The monoisotopic (exact) mass is 368 g/mol. The summed E-state index contributed by atoms with van der Waals surface area (Å²) in [6.45, 7) is 3.83. The summed E-state index contributed by atoms with van der Waals surface area (Å²) in [6, 6.07) is 16.0. The highest BCUT2D eigenvalue weighted by molar-refractivity contribution is 5.92. The Morgan fingerprint density at radius 3 is 2.50 bits per heavy atom. The number of carbonyl (C=O) groups is 1. The second kappa shape index (κ2) is 9.01. The van der Waals surface area contributed by atoms with Crippen molar-refractivity contribution in [3.63, 3.8) is 0 Å². The number of nitrogens with zero attached hydrogens (tertiary/aromatic N) is 1. The van der Waals surface area contributed by atoms with E-state index in [-0.39, 0.29) is 11.8 Å². The van der Waals surface area contributed by atoms with E-state index in [2.05, 4.69) is 53.9 Å². The van der Waals surface area contributed by atoms with Crippen molar-refractivity contribution >= 4 is 17.2 Å². The number of hydrogen-bond acceptors (Lipinski definition) is 2. The second-order valence-corrected chi connectivity index (χ2v) is 7.08. The van der Waals surface area contributed by atoms with E-state index >= 15 is 0 Å². The van der Waals surface area contributed by atoms with Gasteiger partial charge in [-0.1, -0.05) is 60.7 Å². The van der Waals surface area contributed by atoms with Crippen molar-refractivity contribution in [3.8, 4) is 6.07 Å². The SMILES string of the molecule is Cc1cc(C#N)cc(C)c1NC(=O)CCC1C=CC=C(c2ccccc2)C=C1. The van der Waals surface area contributed by atoms with Gasteiger partial charge in [0, 0.05) is 12.1 Å². The van der Waals surface area contributed by atoms with Crippen LogP contribution in [0.15, 0.2) is 72.8 Å². The van der Waals surface area contributed by atoms with E-state index in [4.69, 9.17) is 5.26 Å². The van der Waals surface area contributed by atoms with Crippen molar-refractivity contribution in [2.75, 3.05) is 5.32 Å². The zero-order valence-electron chi connectivity index (χ0n) is 16.3. The molecule has 1 N–H and O–H groups in total. The molecule has 3 heteroatoms. The van der Waals surface area contributed by atoms with Crippen LogP contribution in [0.4, 0.5) is 5.69 Å². The second-order valence-electron chi connectivity index (χ2n) is 7.08. The van der Waals surface area contributed by atoms with Gasteiger partial charge in [-0.05, 0) is 60.6 Å². The number of hydrogen-bond donors (Lipinski definition) is 1. The fourth-order valence-electron chi connectivity index (χ4n) is 3.39. The number of anilines is 1. The summed E-state index contributed by atoms with van der Waals surface area (Å²) in [6.07, 6.45) is 11.8. The van der Waals surface area contributed by atoms with Gasteiger partial charge >= 0.3 is 0 Å². The van der Waals surface area contributed by atoms with Gasteiger partial charge in [0.05, 0.1) is 11.6 Å². The van der Waals surface area contributed by atoms with Crippen molar-refractivity contribution in [1.82, 2.24) is 0 Å². The number of amides is 1. The lowest BCUT2D eigenvalue weighted by Gasteiger charge is -2.13. The van der Waals surface area contributed by atoms with Gasteiger partial charge in [0.25, 0.3) is 0 Å². The number of rotatable bonds is 5. The van der Waals surface area contributed by atoms with Crippen LogP contribution in [0.3, 0.4) is 0 Å². The summed E-state index contributed by atoms with van der Waals surface area (Å²) in [5.41, 5.74) is 5.61. The molecule has 1 unspecified atom stereocenters. The van der Waals surface area contributed by atoms with Crippen LogP contribution in [-0.4, -0.2) is 5.91 Å². The molecule has 0 saturated carbocycles. The first-order valence-corrected chi connectivity index (χ1v) is 9.50. The maximum atomic E-state index is 12.4.